The molecular formula is C33H31Cl2N5O5. The lowest BCUT2D eigenvalue weighted by Gasteiger charge is -2.23. The second-order valence-corrected chi connectivity index (χ2v) is 10.6. The molecule has 0 saturated heterocycles. The molecular weight excluding hydrogens is 617 g/mol. The predicted octanol–water partition coefficient (Wildman–Crippen LogP) is 7.78. The summed E-state index contributed by atoms with van der Waals surface area (Å²) in [4.78, 5) is 31.8. The molecule has 4 N–H and O–H groups in total. The van der Waals surface area contributed by atoms with Gasteiger partial charge in [0, 0.05) is 52.7 Å². The van der Waals surface area contributed by atoms with Crippen molar-refractivity contribution in [2.75, 3.05) is 59.9 Å². The van der Waals surface area contributed by atoms with Gasteiger partial charge in [-0.05, 0) is 54.6 Å². The number of ether oxygens (including phenoxy) is 2. The molecule has 0 aliphatic heterocycles. The van der Waals surface area contributed by atoms with Crippen LogP contribution in [0.5, 0.6) is 11.5 Å². The number of nitrogens with zero attached hydrogens (tertiary/aromatic N) is 2. The fourth-order valence-electron chi connectivity index (χ4n) is 5.08. The van der Waals surface area contributed by atoms with Crippen molar-refractivity contribution in [1.82, 2.24) is 4.98 Å². The SMILES string of the molecule is COc1ccc(NC(=O)Nc2ccc(N(CCCl)CCCl)cc2)cc1Nc1c2cccc(OC)c2nc2c(C(=O)O)cccc12. The van der Waals surface area contributed by atoms with Crippen LogP contribution in [0.3, 0.4) is 0 Å². The van der Waals surface area contributed by atoms with Crippen LogP contribution in [0.25, 0.3) is 21.8 Å². The lowest BCUT2D eigenvalue weighted by atomic mass is 10.0. The number of urea groups is 1. The number of hydrogen-bond donors (Lipinski definition) is 4. The lowest BCUT2D eigenvalue weighted by molar-refractivity contribution is 0.0698. The van der Waals surface area contributed by atoms with E-state index < -0.39 is 12.0 Å². The summed E-state index contributed by atoms with van der Waals surface area (Å²) in [6.07, 6.45) is 0. The average molecular weight is 649 g/mol. The van der Waals surface area contributed by atoms with Crippen molar-refractivity contribution in [2.45, 2.75) is 0 Å². The molecule has 12 heteroatoms. The van der Waals surface area contributed by atoms with Gasteiger partial charge < -0.3 is 35.4 Å². The number of rotatable bonds is 12. The highest BCUT2D eigenvalue weighted by atomic mass is 35.5. The number of aromatic nitrogens is 1. The van der Waals surface area contributed by atoms with Gasteiger partial charge in [-0.3, -0.25) is 0 Å². The lowest BCUT2D eigenvalue weighted by Crippen LogP contribution is -2.27. The van der Waals surface area contributed by atoms with Crippen molar-refractivity contribution >= 4 is 85.4 Å². The van der Waals surface area contributed by atoms with E-state index in [9.17, 15) is 14.7 Å². The molecule has 4 aromatic carbocycles. The highest BCUT2D eigenvalue weighted by Gasteiger charge is 2.19. The summed E-state index contributed by atoms with van der Waals surface area (Å²) in [7, 11) is 3.08. The van der Waals surface area contributed by atoms with Crippen LogP contribution < -0.4 is 30.3 Å². The van der Waals surface area contributed by atoms with Gasteiger partial charge in [-0.2, -0.15) is 0 Å². The van der Waals surface area contributed by atoms with Crippen molar-refractivity contribution in [3.63, 3.8) is 0 Å². The number of nitrogens with one attached hydrogen (secondary N) is 3. The van der Waals surface area contributed by atoms with Crippen molar-refractivity contribution < 1.29 is 24.2 Å². The second-order valence-electron chi connectivity index (χ2n) is 9.88. The number of aromatic carboxylic acids is 1. The highest BCUT2D eigenvalue weighted by Crippen LogP contribution is 2.40. The van der Waals surface area contributed by atoms with E-state index in [2.05, 4.69) is 25.8 Å². The standard InChI is InChI=1S/C33H31Cl2N5O5/c1-44-27-14-11-21(37-33(43)36-20-9-12-22(13-10-20)40(17-15-34)18-16-35)19-26(27)38-29-23-5-3-7-25(32(41)42)30(23)39-31-24(29)6-4-8-28(31)45-2/h3-14,19H,15-18H2,1-2H3,(H,38,39)(H,41,42)(H2,36,37,43). The van der Waals surface area contributed by atoms with Gasteiger partial charge in [0.1, 0.15) is 17.0 Å². The van der Waals surface area contributed by atoms with Crippen molar-refractivity contribution in [1.29, 1.82) is 0 Å². The summed E-state index contributed by atoms with van der Waals surface area (Å²) in [5, 5.41) is 20.3. The van der Waals surface area contributed by atoms with Gasteiger partial charge in [-0.15, -0.1) is 23.2 Å². The molecule has 0 saturated carbocycles. The number of benzene rings is 4. The van der Waals surface area contributed by atoms with Crippen LogP contribution in [-0.4, -0.2) is 61.2 Å². The molecule has 10 nitrogen and oxygen atoms in total. The monoisotopic (exact) mass is 647 g/mol. The molecule has 5 rings (SSSR count). The number of methoxy groups -OCH3 is 2. The molecule has 0 aliphatic rings. The minimum absolute atomic E-state index is 0.0567. The van der Waals surface area contributed by atoms with E-state index in [0.29, 0.717) is 80.9 Å². The molecule has 5 aromatic rings. The number of amides is 2. The van der Waals surface area contributed by atoms with E-state index in [1.807, 2.05) is 36.4 Å². The molecule has 1 aromatic heterocycles. The Morgan fingerprint density at radius 2 is 1.42 bits per heavy atom. The smallest absolute Gasteiger partial charge is 0.337 e. The number of pyridine rings is 1. The van der Waals surface area contributed by atoms with E-state index in [-0.39, 0.29) is 5.56 Å². The summed E-state index contributed by atoms with van der Waals surface area (Å²) in [6.45, 7) is 1.32. The van der Waals surface area contributed by atoms with Crippen LogP contribution in [0, 0.1) is 0 Å². The predicted molar refractivity (Wildman–Crippen MR) is 182 cm³/mol. The van der Waals surface area contributed by atoms with Gasteiger partial charge in [0.25, 0.3) is 0 Å². The zero-order valence-corrected chi connectivity index (χ0v) is 26.1. The number of carboxylic acids is 1. The van der Waals surface area contributed by atoms with Crippen LogP contribution in [0.4, 0.5) is 33.2 Å². The Morgan fingerprint density at radius 1 is 0.800 bits per heavy atom. The van der Waals surface area contributed by atoms with Crippen molar-refractivity contribution in [3.05, 3.63) is 84.4 Å². The number of carbonyl (C=O) groups excluding carboxylic acids is 1. The molecule has 0 fully saturated rings. The van der Waals surface area contributed by atoms with E-state index in [0.717, 1.165) is 5.69 Å². The molecule has 0 aliphatic carbocycles. The number of carbonyl (C=O) groups is 2. The molecule has 0 spiro atoms. The topological polar surface area (TPSA) is 125 Å². The maximum absolute atomic E-state index is 13.0. The summed E-state index contributed by atoms with van der Waals surface area (Å²) in [5.41, 5.74) is 4.06. The molecule has 45 heavy (non-hydrogen) atoms. The van der Waals surface area contributed by atoms with E-state index in [1.165, 1.54) is 13.2 Å². The summed E-state index contributed by atoms with van der Waals surface area (Å²) >= 11 is 11.8. The minimum Gasteiger partial charge on any atom is -0.495 e. The van der Waals surface area contributed by atoms with Crippen LogP contribution in [0.15, 0.2) is 78.9 Å². The Kier molecular flexibility index (Phi) is 9.96. The van der Waals surface area contributed by atoms with Gasteiger partial charge in [-0.25, -0.2) is 14.6 Å². The summed E-state index contributed by atoms with van der Waals surface area (Å²) in [6, 6.07) is 22.6. The third kappa shape index (κ3) is 6.92. The highest BCUT2D eigenvalue weighted by molar-refractivity contribution is 6.18. The number of carboxylic acid groups (broad SMARTS) is 1. The van der Waals surface area contributed by atoms with Crippen LogP contribution in [-0.2, 0) is 0 Å². The molecule has 0 unspecified atom stereocenters. The Morgan fingerprint density at radius 3 is 2.07 bits per heavy atom. The summed E-state index contributed by atoms with van der Waals surface area (Å²) in [5.74, 6) is 0.855. The van der Waals surface area contributed by atoms with E-state index in [4.69, 9.17) is 32.7 Å². The maximum atomic E-state index is 13.0. The quantitative estimate of drug-likeness (QED) is 0.0799. The number of para-hydroxylation sites is 2. The molecule has 232 valence electrons. The maximum Gasteiger partial charge on any atom is 0.337 e. The number of halogens is 2. The number of fused-ring (bicyclic) bond motifs is 2. The van der Waals surface area contributed by atoms with E-state index >= 15 is 0 Å². The molecule has 0 atom stereocenters. The third-order valence-electron chi connectivity index (χ3n) is 7.16. The normalized spacial score (nSPS) is 10.8. The fourth-order valence-corrected chi connectivity index (χ4v) is 5.48. The molecule has 2 amide bonds. The first kappa shape index (κ1) is 31.5. The first-order valence-corrected chi connectivity index (χ1v) is 15.1. The van der Waals surface area contributed by atoms with Crippen LogP contribution >= 0.6 is 23.2 Å². The number of alkyl halides is 2. The van der Waals surface area contributed by atoms with Gasteiger partial charge in [-0.1, -0.05) is 24.3 Å². The largest absolute Gasteiger partial charge is 0.495 e. The minimum atomic E-state index is -1.10. The third-order valence-corrected chi connectivity index (χ3v) is 7.50. The molecule has 1 heterocycles. The fraction of sp³-hybridized carbons (Fsp3) is 0.182. The second kappa shape index (κ2) is 14.2. The van der Waals surface area contributed by atoms with E-state index in [1.54, 1.807) is 43.5 Å². The Balaban J connectivity index is 1.45. The zero-order valence-electron chi connectivity index (χ0n) is 24.6. The zero-order chi connectivity index (χ0) is 31.9. The van der Waals surface area contributed by atoms with Gasteiger partial charge in [0.2, 0.25) is 0 Å². The number of anilines is 5. The van der Waals surface area contributed by atoms with Crippen LogP contribution in [0.1, 0.15) is 10.4 Å². The number of hydrogen-bond acceptors (Lipinski definition) is 7. The molecule has 0 bridgehead atoms. The Labute approximate surface area is 269 Å². The van der Waals surface area contributed by atoms with Crippen LogP contribution in [0.2, 0.25) is 0 Å². The van der Waals surface area contributed by atoms with Gasteiger partial charge in [0.15, 0.2) is 0 Å². The summed E-state index contributed by atoms with van der Waals surface area (Å²) < 4.78 is 11.2. The van der Waals surface area contributed by atoms with Gasteiger partial charge in [0.05, 0.1) is 36.7 Å². The van der Waals surface area contributed by atoms with Crippen molar-refractivity contribution in [2.24, 2.45) is 0 Å². The average Bonchev–Trinajstić information content (AvgIpc) is 3.04. The Bertz CT molecular complexity index is 1850. The molecule has 0 radical (unpaired) electrons. The Hall–Kier alpha value is -4.93. The first-order valence-electron chi connectivity index (χ1n) is 14.0. The van der Waals surface area contributed by atoms with Gasteiger partial charge >= 0.3 is 12.0 Å². The first-order chi connectivity index (χ1) is 21.9. The van der Waals surface area contributed by atoms with Crippen molar-refractivity contribution in [3.8, 4) is 11.5 Å².